The second-order valence-electron chi connectivity index (χ2n) is 7.72. The third kappa shape index (κ3) is 4.14. The molecule has 2 aromatic rings. The van der Waals surface area contributed by atoms with Crippen molar-refractivity contribution in [2.45, 2.75) is 45.6 Å². The molecule has 0 spiro atoms. The highest BCUT2D eigenvalue weighted by Gasteiger charge is 2.40. The Morgan fingerprint density at radius 1 is 1.21 bits per heavy atom. The van der Waals surface area contributed by atoms with Gasteiger partial charge in [-0.2, -0.15) is 0 Å². The number of anilines is 2. The van der Waals surface area contributed by atoms with Gasteiger partial charge in [-0.05, 0) is 49.6 Å². The summed E-state index contributed by atoms with van der Waals surface area (Å²) in [7, 11) is 0. The van der Waals surface area contributed by atoms with Crippen molar-refractivity contribution in [1.29, 1.82) is 0 Å². The Bertz CT molecular complexity index is 908. The van der Waals surface area contributed by atoms with Crippen LogP contribution < -0.4 is 15.0 Å². The monoisotopic (exact) mass is 400 g/mol. The number of benzene rings is 2. The molecule has 0 saturated carbocycles. The van der Waals surface area contributed by atoms with Crippen LogP contribution in [0.5, 0.6) is 5.75 Å². The number of amides is 2. The highest BCUT2D eigenvalue weighted by atomic mass is 35.5. The van der Waals surface area contributed by atoms with Crippen molar-refractivity contribution in [3.05, 3.63) is 53.1 Å². The molecule has 0 bridgehead atoms. The van der Waals surface area contributed by atoms with Crippen LogP contribution in [0.4, 0.5) is 11.4 Å². The molecule has 6 heteroatoms. The van der Waals surface area contributed by atoms with Crippen LogP contribution in [0.2, 0.25) is 5.02 Å². The molecule has 28 heavy (non-hydrogen) atoms. The van der Waals surface area contributed by atoms with E-state index < -0.39 is 5.60 Å². The summed E-state index contributed by atoms with van der Waals surface area (Å²) >= 11 is 6.11. The normalized spacial score (nSPS) is 15.2. The third-order valence-corrected chi connectivity index (χ3v) is 4.99. The van der Waals surface area contributed by atoms with E-state index >= 15 is 0 Å². The van der Waals surface area contributed by atoms with Gasteiger partial charge in [-0.3, -0.25) is 9.59 Å². The number of hydrogen-bond acceptors (Lipinski definition) is 3. The van der Waals surface area contributed by atoms with Gasteiger partial charge in [-0.1, -0.05) is 43.6 Å². The molecule has 2 amide bonds. The number of halogens is 1. The Balaban J connectivity index is 1.76. The second-order valence-corrected chi connectivity index (χ2v) is 8.16. The van der Waals surface area contributed by atoms with Crippen molar-refractivity contribution in [2.24, 2.45) is 0 Å². The van der Waals surface area contributed by atoms with Gasteiger partial charge in [0.05, 0.1) is 5.69 Å². The van der Waals surface area contributed by atoms with Gasteiger partial charge < -0.3 is 15.0 Å². The molecule has 1 N–H and O–H groups in total. The van der Waals surface area contributed by atoms with Gasteiger partial charge in [-0.15, -0.1) is 0 Å². The number of nitrogens with zero attached hydrogens (tertiary/aromatic N) is 1. The fourth-order valence-corrected chi connectivity index (χ4v) is 3.47. The zero-order valence-corrected chi connectivity index (χ0v) is 17.3. The first-order valence-corrected chi connectivity index (χ1v) is 9.76. The zero-order valence-electron chi connectivity index (χ0n) is 16.6. The molecule has 0 aromatic heterocycles. The smallest absolute Gasteiger partial charge is 0.270 e. The van der Waals surface area contributed by atoms with E-state index in [0.29, 0.717) is 22.4 Å². The van der Waals surface area contributed by atoms with Gasteiger partial charge in [0.1, 0.15) is 5.75 Å². The van der Waals surface area contributed by atoms with E-state index in [0.717, 1.165) is 11.3 Å². The zero-order chi connectivity index (χ0) is 20.5. The van der Waals surface area contributed by atoms with Crippen LogP contribution in [-0.4, -0.2) is 24.0 Å². The maximum absolute atomic E-state index is 12.9. The van der Waals surface area contributed by atoms with Crippen molar-refractivity contribution in [1.82, 2.24) is 0 Å². The number of rotatable bonds is 5. The summed E-state index contributed by atoms with van der Waals surface area (Å²) in [6.07, 6.45) is 0.167. The van der Waals surface area contributed by atoms with E-state index in [1.54, 1.807) is 36.9 Å². The van der Waals surface area contributed by atoms with Gasteiger partial charge in [0.2, 0.25) is 5.91 Å². The second kappa shape index (κ2) is 7.84. The lowest BCUT2D eigenvalue weighted by molar-refractivity contribution is -0.132. The average molecular weight is 401 g/mol. The molecule has 0 atom stereocenters. The van der Waals surface area contributed by atoms with Crippen LogP contribution >= 0.6 is 11.6 Å². The summed E-state index contributed by atoms with van der Waals surface area (Å²) in [6, 6.07) is 12.9. The topological polar surface area (TPSA) is 58.6 Å². The Kier molecular flexibility index (Phi) is 5.66. The number of carbonyl (C=O) groups excluding carboxylic acids is 2. The van der Waals surface area contributed by atoms with Crippen molar-refractivity contribution < 1.29 is 14.3 Å². The van der Waals surface area contributed by atoms with E-state index in [4.69, 9.17) is 16.3 Å². The standard InChI is InChI=1S/C22H25ClN2O3/c1-14(2)16-7-5-6-8-17(16)24-20(26)11-12-25-18-13-15(23)9-10-19(18)28-22(3,4)21(25)27/h5-10,13-14H,11-12H2,1-4H3,(H,24,26). The van der Waals surface area contributed by atoms with Crippen LogP contribution in [0.1, 0.15) is 45.6 Å². The van der Waals surface area contributed by atoms with Crippen LogP contribution in [0, 0.1) is 0 Å². The summed E-state index contributed by atoms with van der Waals surface area (Å²) in [6.45, 7) is 7.85. The number of para-hydroxylation sites is 1. The quantitative estimate of drug-likeness (QED) is 0.768. The molecule has 0 fully saturated rings. The number of nitrogens with one attached hydrogen (secondary N) is 1. The van der Waals surface area contributed by atoms with E-state index in [1.165, 1.54) is 0 Å². The van der Waals surface area contributed by atoms with Crippen LogP contribution in [0.3, 0.4) is 0 Å². The molecular weight excluding hydrogens is 376 g/mol. The maximum atomic E-state index is 12.9. The molecule has 2 aromatic carbocycles. The summed E-state index contributed by atoms with van der Waals surface area (Å²) in [5, 5.41) is 3.48. The SMILES string of the molecule is CC(C)c1ccccc1NC(=O)CCN1C(=O)C(C)(C)Oc2ccc(Cl)cc21. The molecule has 5 nitrogen and oxygen atoms in total. The molecule has 1 heterocycles. The molecular formula is C22H25ClN2O3. The largest absolute Gasteiger partial charge is 0.476 e. The molecule has 0 aliphatic carbocycles. The Labute approximate surface area is 170 Å². The molecule has 3 rings (SSSR count). The Morgan fingerprint density at radius 2 is 1.93 bits per heavy atom. The van der Waals surface area contributed by atoms with Crippen molar-refractivity contribution >= 4 is 34.8 Å². The predicted molar refractivity (Wildman–Crippen MR) is 112 cm³/mol. The maximum Gasteiger partial charge on any atom is 0.270 e. The fraction of sp³-hybridized carbons (Fsp3) is 0.364. The lowest BCUT2D eigenvalue weighted by atomic mass is 10.0. The van der Waals surface area contributed by atoms with Crippen molar-refractivity contribution in [3.8, 4) is 5.75 Å². The van der Waals surface area contributed by atoms with E-state index in [-0.39, 0.29) is 24.8 Å². The lowest BCUT2D eigenvalue weighted by Gasteiger charge is -2.38. The Hall–Kier alpha value is -2.53. The molecule has 0 unspecified atom stereocenters. The van der Waals surface area contributed by atoms with E-state index in [1.807, 2.05) is 24.3 Å². The van der Waals surface area contributed by atoms with Crippen LogP contribution in [-0.2, 0) is 9.59 Å². The highest BCUT2D eigenvalue weighted by molar-refractivity contribution is 6.31. The summed E-state index contributed by atoms with van der Waals surface area (Å²) < 4.78 is 5.81. The average Bonchev–Trinajstić information content (AvgIpc) is 2.63. The first kappa shape index (κ1) is 20.2. The minimum Gasteiger partial charge on any atom is -0.476 e. The minimum absolute atomic E-state index is 0.145. The number of ether oxygens (including phenoxy) is 1. The number of hydrogen-bond donors (Lipinski definition) is 1. The van der Waals surface area contributed by atoms with Gasteiger partial charge in [0.15, 0.2) is 5.60 Å². The van der Waals surface area contributed by atoms with Crippen LogP contribution in [0.25, 0.3) is 0 Å². The predicted octanol–water partition coefficient (Wildman–Crippen LogP) is 5.00. The molecule has 0 saturated heterocycles. The molecule has 1 aliphatic rings. The first-order valence-electron chi connectivity index (χ1n) is 9.38. The van der Waals surface area contributed by atoms with E-state index in [2.05, 4.69) is 19.2 Å². The van der Waals surface area contributed by atoms with Crippen molar-refractivity contribution in [2.75, 3.05) is 16.8 Å². The molecule has 148 valence electrons. The van der Waals surface area contributed by atoms with Gasteiger partial charge in [-0.25, -0.2) is 0 Å². The summed E-state index contributed by atoms with van der Waals surface area (Å²) in [4.78, 5) is 27.0. The van der Waals surface area contributed by atoms with E-state index in [9.17, 15) is 9.59 Å². The highest BCUT2D eigenvalue weighted by Crippen LogP contribution is 2.39. The summed E-state index contributed by atoms with van der Waals surface area (Å²) in [5.74, 6) is 0.540. The van der Waals surface area contributed by atoms with Gasteiger partial charge in [0.25, 0.3) is 5.91 Å². The first-order chi connectivity index (χ1) is 13.2. The lowest BCUT2D eigenvalue weighted by Crippen LogP contribution is -2.53. The fourth-order valence-electron chi connectivity index (χ4n) is 3.30. The number of fused-ring (bicyclic) bond motifs is 1. The van der Waals surface area contributed by atoms with Crippen LogP contribution in [0.15, 0.2) is 42.5 Å². The molecule has 0 radical (unpaired) electrons. The van der Waals surface area contributed by atoms with Crippen molar-refractivity contribution in [3.63, 3.8) is 0 Å². The summed E-state index contributed by atoms with van der Waals surface area (Å²) in [5.41, 5.74) is 1.48. The van der Waals surface area contributed by atoms with Gasteiger partial charge >= 0.3 is 0 Å². The minimum atomic E-state index is -0.998. The molecule has 1 aliphatic heterocycles. The Morgan fingerprint density at radius 3 is 2.64 bits per heavy atom. The third-order valence-electron chi connectivity index (χ3n) is 4.76. The van der Waals surface area contributed by atoms with Gasteiger partial charge in [0, 0.05) is 23.7 Å². The number of carbonyl (C=O) groups is 2.